The normalized spacial score (nSPS) is 10.2. The first-order chi connectivity index (χ1) is 8.97. The zero-order valence-electron chi connectivity index (χ0n) is 10.8. The first-order valence-corrected chi connectivity index (χ1v) is 6.29. The first kappa shape index (κ1) is 13.4. The fourth-order valence-electron chi connectivity index (χ4n) is 1.86. The molecule has 0 radical (unpaired) electrons. The molecule has 19 heavy (non-hydrogen) atoms. The van der Waals surface area contributed by atoms with Gasteiger partial charge in [-0.25, -0.2) is 0 Å². The number of phenols is 2. The van der Waals surface area contributed by atoms with Gasteiger partial charge in [0, 0.05) is 11.8 Å². The van der Waals surface area contributed by atoms with Crippen molar-refractivity contribution in [3.05, 3.63) is 53.1 Å². The lowest BCUT2D eigenvalue weighted by atomic mass is 10.1. The van der Waals surface area contributed by atoms with Crippen LogP contribution in [0.5, 0.6) is 11.5 Å². The molecule has 0 saturated carbocycles. The molecular weight excluding hydrogens is 258 g/mol. The molecule has 2 aromatic rings. The fourth-order valence-corrected chi connectivity index (χ4v) is 2.14. The van der Waals surface area contributed by atoms with Crippen LogP contribution < -0.4 is 5.32 Å². The zero-order chi connectivity index (χ0) is 14.0. The molecule has 0 fully saturated rings. The summed E-state index contributed by atoms with van der Waals surface area (Å²) in [4.78, 5) is 0.421. The third kappa shape index (κ3) is 3.03. The molecule has 0 spiro atoms. The van der Waals surface area contributed by atoms with Crippen LogP contribution in [-0.4, -0.2) is 15.2 Å². The Balaban J connectivity index is 2.25. The molecular formula is C15H15NO2S. The van der Waals surface area contributed by atoms with Gasteiger partial charge in [0.15, 0.2) is 0 Å². The van der Waals surface area contributed by atoms with E-state index in [0.717, 1.165) is 11.3 Å². The number of hydrogen-bond donors (Lipinski definition) is 3. The first-order valence-electron chi connectivity index (χ1n) is 5.88. The average Bonchev–Trinajstić information content (AvgIpc) is 2.32. The number of rotatable bonds is 2. The third-order valence-electron chi connectivity index (χ3n) is 2.86. The maximum atomic E-state index is 9.77. The van der Waals surface area contributed by atoms with Gasteiger partial charge in [0.2, 0.25) is 0 Å². The molecule has 0 atom stereocenters. The van der Waals surface area contributed by atoms with E-state index in [1.807, 2.05) is 26.0 Å². The Morgan fingerprint density at radius 2 is 1.79 bits per heavy atom. The molecule has 98 valence electrons. The molecule has 3 nitrogen and oxygen atoms in total. The highest BCUT2D eigenvalue weighted by Gasteiger charge is 2.09. The molecule has 0 unspecified atom stereocenters. The van der Waals surface area contributed by atoms with Crippen LogP contribution in [0.1, 0.15) is 16.7 Å². The lowest BCUT2D eigenvalue weighted by Crippen LogP contribution is -2.11. The summed E-state index contributed by atoms with van der Waals surface area (Å²) in [5, 5.41) is 22.1. The monoisotopic (exact) mass is 273 g/mol. The van der Waals surface area contributed by atoms with Crippen LogP contribution in [0.2, 0.25) is 0 Å². The third-order valence-corrected chi connectivity index (χ3v) is 3.18. The van der Waals surface area contributed by atoms with E-state index in [1.54, 1.807) is 6.07 Å². The van der Waals surface area contributed by atoms with Gasteiger partial charge in [0.1, 0.15) is 16.5 Å². The minimum absolute atomic E-state index is 0.00978. The number of aryl methyl sites for hydroxylation is 2. The standard InChI is InChI=1S/C15H15NO2S/c1-9-3-6-13(10(2)7-9)16-15(19)12-5-4-11(17)8-14(12)18/h3-8,17-18H,1-2H3,(H,16,19). The van der Waals surface area contributed by atoms with Crippen molar-refractivity contribution in [2.45, 2.75) is 13.8 Å². The number of phenolic OH excluding ortho intramolecular Hbond substituents is 2. The van der Waals surface area contributed by atoms with E-state index in [4.69, 9.17) is 12.2 Å². The number of thiocarbonyl (C=S) groups is 1. The van der Waals surface area contributed by atoms with E-state index in [-0.39, 0.29) is 11.5 Å². The summed E-state index contributed by atoms with van der Waals surface area (Å²) in [6.45, 7) is 4.02. The van der Waals surface area contributed by atoms with E-state index < -0.39 is 0 Å². The molecule has 0 aliphatic rings. The van der Waals surface area contributed by atoms with Crippen LogP contribution in [0, 0.1) is 13.8 Å². The highest BCUT2D eigenvalue weighted by atomic mass is 32.1. The lowest BCUT2D eigenvalue weighted by molar-refractivity contribution is 0.450. The van der Waals surface area contributed by atoms with Crippen molar-refractivity contribution in [3.63, 3.8) is 0 Å². The second-order valence-electron chi connectivity index (χ2n) is 4.47. The van der Waals surface area contributed by atoms with Gasteiger partial charge < -0.3 is 15.5 Å². The van der Waals surface area contributed by atoms with Crippen molar-refractivity contribution in [3.8, 4) is 11.5 Å². The molecule has 0 heterocycles. The van der Waals surface area contributed by atoms with Crippen molar-refractivity contribution < 1.29 is 10.2 Å². The number of benzene rings is 2. The zero-order valence-corrected chi connectivity index (χ0v) is 11.6. The van der Waals surface area contributed by atoms with Gasteiger partial charge in [-0.1, -0.05) is 29.9 Å². The minimum atomic E-state index is -0.0396. The largest absolute Gasteiger partial charge is 0.508 e. The van der Waals surface area contributed by atoms with Gasteiger partial charge in [-0.05, 0) is 37.6 Å². The van der Waals surface area contributed by atoms with Crippen molar-refractivity contribution in [1.82, 2.24) is 0 Å². The highest BCUT2D eigenvalue weighted by Crippen LogP contribution is 2.25. The van der Waals surface area contributed by atoms with E-state index in [2.05, 4.69) is 11.4 Å². The van der Waals surface area contributed by atoms with Crippen LogP contribution in [-0.2, 0) is 0 Å². The van der Waals surface area contributed by atoms with Crippen LogP contribution in [0.3, 0.4) is 0 Å². The Labute approximate surface area is 117 Å². The van der Waals surface area contributed by atoms with E-state index >= 15 is 0 Å². The Bertz CT molecular complexity index is 638. The Hall–Kier alpha value is -2.07. The maximum Gasteiger partial charge on any atom is 0.129 e. The van der Waals surface area contributed by atoms with Gasteiger partial charge in [-0.3, -0.25) is 0 Å². The summed E-state index contributed by atoms with van der Waals surface area (Å²) in [7, 11) is 0. The van der Waals surface area contributed by atoms with Crippen LogP contribution in [0.4, 0.5) is 5.69 Å². The Morgan fingerprint density at radius 1 is 1.05 bits per heavy atom. The summed E-state index contributed by atoms with van der Waals surface area (Å²) in [6, 6.07) is 10.4. The molecule has 0 bridgehead atoms. The van der Waals surface area contributed by atoms with Gasteiger partial charge in [-0.15, -0.1) is 0 Å². The Morgan fingerprint density at radius 3 is 2.42 bits per heavy atom. The number of nitrogens with one attached hydrogen (secondary N) is 1. The smallest absolute Gasteiger partial charge is 0.129 e. The fraction of sp³-hybridized carbons (Fsp3) is 0.133. The molecule has 0 amide bonds. The molecule has 2 rings (SSSR count). The summed E-state index contributed by atoms with van der Waals surface area (Å²) in [5.41, 5.74) is 3.66. The number of anilines is 1. The average molecular weight is 273 g/mol. The molecule has 2 aromatic carbocycles. The SMILES string of the molecule is Cc1ccc(NC(=S)c2ccc(O)cc2O)c(C)c1. The quantitative estimate of drug-likeness (QED) is 0.733. The molecule has 0 aromatic heterocycles. The van der Waals surface area contributed by atoms with Crippen LogP contribution in [0.15, 0.2) is 36.4 Å². The van der Waals surface area contributed by atoms with Crippen molar-refractivity contribution >= 4 is 22.9 Å². The molecule has 3 N–H and O–H groups in total. The highest BCUT2D eigenvalue weighted by molar-refractivity contribution is 7.81. The molecule has 0 saturated heterocycles. The number of aromatic hydroxyl groups is 2. The van der Waals surface area contributed by atoms with Crippen molar-refractivity contribution in [1.29, 1.82) is 0 Å². The number of hydrogen-bond acceptors (Lipinski definition) is 3. The van der Waals surface area contributed by atoms with Crippen molar-refractivity contribution in [2.75, 3.05) is 5.32 Å². The van der Waals surface area contributed by atoms with E-state index in [0.29, 0.717) is 10.6 Å². The molecule has 0 aliphatic carbocycles. The van der Waals surface area contributed by atoms with Crippen molar-refractivity contribution in [2.24, 2.45) is 0 Å². The summed E-state index contributed by atoms with van der Waals surface area (Å²) >= 11 is 5.27. The topological polar surface area (TPSA) is 52.5 Å². The van der Waals surface area contributed by atoms with Gasteiger partial charge in [0.05, 0.1) is 5.56 Å². The van der Waals surface area contributed by atoms with Gasteiger partial charge in [-0.2, -0.15) is 0 Å². The Kier molecular flexibility index (Phi) is 3.71. The summed E-state index contributed by atoms with van der Waals surface area (Å²) in [5.74, 6) is -0.0298. The van der Waals surface area contributed by atoms with Crippen LogP contribution >= 0.6 is 12.2 Å². The van der Waals surface area contributed by atoms with E-state index in [1.165, 1.54) is 17.7 Å². The second kappa shape index (κ2) is 5.28. The molecule has 4 heteroatoms. The van der Waals surface area contributed by atoms with Gasteiger partial charge in [0.25, 0.3) is 0 Å². The summed E-state index contributed by atoms with van der Waals surface area (Å²) < 4.78 is 0. The maximum absolute atomic E-state index is 9.77. The van der Waals surface area contributed by atoms with Crippen LogP contribution in [0.25, 0.3) is 0 Å². The predicted octanol–water partition coefficient (Wildman–Crippen LogP) is 3.50. The lowest BCUT2D eigenvalue weighted by Gasteiger charge is -2.12. The molecule has 0 aliphatic heterocycles. The predicted molar refractivity (Wildman–Crippen MR) is 81.0 cm³/mol. The summed E-state index contributed by atoms with van der Waals surface area (Å²) in [6.07, 6.45) is 0. The minimum Gasteiger partial charge on any atom is -0.508 e. The van der Waals surface area contributed by atoms with E-state index in [9.17, 15) is 10.2 Å². The second-order valence-corrected chi connectivity index (χ2v) is 4.88. The van der Waals surface area contributed by atoms with Gasteiger partial charge >= 0.3 is 0 Å².